The average molecular weight is 433 g/mol. The lowest BCUT2D eigenvalue weighted by atomic mass is 9.84. The van der Waals surface area contributed by atoms with Gasteiger partial charge in [-0.15, -0.1) is 0 Å². The number of nitrogens with one attached hydrogen (secondary N) is 2. The smallest absolute Gasteiger partial charge is 0.249 e. The number of hydrogen-bond donors (Lipinski definition) is 2. The summed E-state index contributed by atoms with van der Waals surface area (Å²) >= 11 is 0. The fourth-order valence-corrected chi connectivity index (χ4v) is 5.28. The summed E-state index contributed by atoms with van der Waals surface area (Å²) in [4.78, 5) is 41.2. The Morgan fingerprint density at radius 3 is 2.26 bits per heavy atom. The number of fused-ring (bicyclic) bond motifs is 1. The molecule has 172 valence electrons. The van der Waals surface area contributed by atoms with E-state index >= 15 is 0 Å². The maximum absolute atomic E-state index is 13.7. The van der Waals surface area contributed by atoms with Crippen LogP contribution < -0.4 is 10.6 Å². The van der Waals surface area contributed by atoms with Crippen molar-refractivity contribution in [2.24, 2.45) is 22.2 Å². The number of likely N-dealkylation sites (tertiary alicyclic amines) is 1. The van der Waals surface area contributed by atoms with Crippen molar-refractivity contribution in [1.29, 1.82) is 5.26 Å². The molecule has 0 aromatic rings. The molecule has 0 aromatic heterocycles. The molecule has 1 aliphatic carbocycles. The fraction of sp³-hybridized carbons (Fsp3) is 0.826. The van der Waals surface area contributed by atoms with Crippen LogP contribution in [0.5, 0.6) is 0 Å². The third-order valence-electron chi connectivity index (χ3n) is 7.83. The van der Waals surface area contributed by atoms with Gasteiger partial charge in [-0.1, -0.05) is 48.5 Å². The number of nitrogens with zero attached hydrogens (tertiary/aromatic N) is 2. The van der Waals surface area contributed by atoms with E-state index in [0.717, 1.165) is 0 Å². The second kappa shape index (κ2) is 7.77. The first-order chi connectivity index (χ1) is 14.3. The van der Waals surface area contributed by atoms with Gasteiger partial charge in [0.15, 0.2) is 0 Å². The van der Waals surface area contributed by atoms with Crippen LogP contribution in [0, 0.1) is 33.5 Å². The van der Waals surface area contributed by atoms with Crippen molar-refractivity contribution < 1.29 is 19.1 Å². The van der Waals surface area contributed by atoms with Gasteiger partial charge >= 0.3 is 0 Å². The maximum Gasteiger partial charge on any atom is 0.249 e. The minimum absolute atomic E-state index is 0.00596. The van der Waals surface area contributed by atoms with Crippen molar-refractivity contribution in [3.05, 3.63) is 0 Å². The standard InChI is InChI=1S/C23H36N4O4/c1-8-13(11-24)25-19(29)15-16-22(5,6)23(16,7)12-27(15)20(30)17(21(2,3)4)26-18(28)14-9-10-31-14/h13-17H,8-10,12H2,1-7H3,(H,25,29)(H,26,28)/t13-,14+,15-,16-,17+,23-/m0/s1. The largest absolute Gasteiger partial charge is 0.368 e. The van der Waals surface area contributed by atoms with E-state index in [1.54, 1.807) is 4.90 Å². The zero-order valence-electron chi connectivity index (χ0n) is 19.7. The molecule has 0 unspecified atom stereocenters. The Bertz CT molecular complexity index is 807. The lowest BCUT2D eigenvalue weighted by Crippen LogP contribution is -2.61. The molecule has 8 heteroatoms. The van der Waals surface area contributed by atoms with Crippen LogP contribution >= 0.6 is 0 Å². The first-order valence-electron chi connectivity index (χ1n) is 11.2. The summed E-state index contributed by atoms with van der Waals surface area (Å²) in [6, 6.07) is 0.0781. The highest BCUT2D eigenvalue weighted by Gasteiger charge is 2.77. The summed E-state index contributed by atoms with van der Waals surface area (Å²) in [5, 5.41) is 15.0. The van der Waals surface area contributed by atoms with Crippen molar-refractivity contribution in [3.8, 4) is 6.07 Å². The van der Waals surface area contributed by atoms with Crippen LogP contribution in [-0.2, 0) is 19.1 Å². The topological polar surface area (TPSA) is 112 Å². The molecule has 2 N–H and O–H groups in total. The Labute approximate surface area is 185 Å². The number of ether oxygens (including phenoxy) is 1. The van der Waals surface area contributed by atoms with Crippen LogP contribution in [0.4, 0.5) is 0 Å². The van der Waals surface area contributed by atoms with Crippen molar-refractivity contribution in [2.75, 3.05) is 13.2 Å². The predicted octanol–water partition coefficient (Wildman–Crippen LogP) is 1.60. The van der Waals surface area contributed by atoms with E-state index in [1.807, 2.05) is 27.7 Å². The summed E-state index contributed by atoms with van der Waals surface area (Å²) in [6.45, 7) is 14.9. The molecule has 3 amide bonds. The third kappa shape index (κ3) is 3.82. The molecule has 2 heterocycles. The second-order valence-corrected chi connectivity index (χ2v) is 11.1. The molecule has 3 aliphatic rings. The van der Waals surface area contributed by atoms with Crippen LogP contribution in [0.15, 0.2) is 0 Å². The predicted molar refractivity (Wildman–Crippen MR) is 114 cm³/mol. The SMILES string of the molecule is CC[C@@H](C#N)NC(=O)[C@@H]1[C@H]2C(C)(C)[C@@]2(C)CN1C(=O)[C@@H](NC(=O)[C@H]1CCO1)C(C)(C)C. The minimum atomic E-state index is -0.776. The number of amides is 3. The summed E-state index contributed by atoms with van der Waals surface area (Å²) in [5.74, 6) is -0.824. The molecule has 3 rings (SSSR count). The van der Waals surface area contributed by atoms with Gasteiger partial charge in [-0.25, -0.2) is 0 Å². The zero-order valence-corrected chi connectivity index (χ0v) is 19.7. The lowest BCUT2D eigenvalue weighted by Gasteiger charge is -2.39. The summed E-state index contributed by atoms with van der Waals surface area (Å²) in [5.41, 5.74) is -0.803. The fourth-order valence-electron chi connectivity index (χ4n) is 5.28. The number of rotatable bonds is 6. The third-order valence-corrected chi connectivity index (χ3v) is 7.83. The molecule has 0 aromatic carbocycles. The second-order valence-electron chi connectivity index (χ2n) is 11.1. The minimum Gasteiger partial charge on any atom is -0.368 e. The molecule has 3 fully saturated rings. The molecule has 0 spiro atoms. The van der Waals surface area contributed by atoms with Crippen molar-refractivity contribution in [2.45, 2.75) is 85.5 Å². The first-order valence-corrected chi connectivity index (χ1v) is 11.2. The van der Waals surface area contributed by atoms with Crippen molar-refractivity contribution >= 4 is 17.7 Å². The van der Waals surface area contributed by atoms with Crippen LogP contribution in [0.25, 0.3) is 0 Å². The van der Waals surface area contributed by atoms with Gasteiger partial charge in [0.25, 0.3) is 0 Å². The van der Waals surface area contributed by atoms with Gasteiger partial charge in [0, 0.05) is 18.9 Å². The van der Waals surface area contributed by atoms with Crippen LogP contribution in [0.2, 0.25) is 0 Å². The summed E-state index contributed by atoms with van der Waals surface area (Å²) < 4.78 is 5.27. The highest BCUT2D eigenvalue weighted by molar-refractivity contribution is 5.95. The Kier molecular flexibility index (Phi) is 5.90. The van der Waals surface area contributed by atoms with Gasteiger partial charge in [-0.2, -0.15) is 5.26 Å². The van der Waals surface area contributed by atoms with Crippen molar-refractivity contribution in [3.63, 3.8) is 0 Å². The molecule has 1 saturated carbocycles. The van der Waals surface area contributed by atoms with Crippen LogP contribution in [0.1, 0.15) is 61.3 Å². The molecule has 31 heavy (non-hydrogen) atoms. The van der Waals surface area contributed by atoms with Gasteiger partial charge in [-0.05, 0) is 22.7 Å². The highest BCUT2D eigenvalue weighted by atomic mass is 16.5. The van der Waals surface area contributed by atoms with Gasteiger partial charge in [0.1, 0.15) is 24.2 Å². The Morgan fingerprint density at radius 1 is 1.19 bits per heavy atom. The van der Waals surface area contributed by atoms with Crippen LogP contribution in [0.3, 0.4) is 0 Å². The van der Waals surface area contributed by atoms with Gasteiger partial charge < -0.3 is 20.3 Å². The van der Waals surface area contributed by atoms with Gasteiger partial charge in [0.2, 0.25) is 17.7 Å². The number of hydrogen-bond acceptors (Lipinski definition) is 5. The number of nitriles is 1. The van der Waals surface area contributed by atoms with E-state index in [9.17, 15) is 19.6 Å². The van der Waals surface area contributed by atoms with Crippen LogP contribution in [-0.4, -0.2) is 60.0 Å². The Hall–Kier alpha value is -2.14. The molecule has 2 aliphatic heterocycles. The summed E-state index contributed by atoms with van der Waals surface area (Å²) in [6.07, 6.45) is 0.629. The quantitative estimate of drug-likeness (QED) is 0.662. The molecule has 0 radical (unpaired) electrons. The number of carbonyl (C=O) groups is 3. The molecular formula is C23H36N4O4. The maximum atomic E-state index is 13.7. The first kappa shape index (κ1) is 23.5. The van der Waals surface area contributed by atoms with E-state index in [4.69, 9.17) is 4.74 Å². The van der Waals surface area contributed by atoms with Gasteiger partial charge in [-0.3, -0.25) is 14.4 Å². The van der Waals surface area contributed by atoms with Gasteiger partial charge in [0.05, 0.1) is 12.7 Å². The zero-order chi connectivity index (χ0) is 23.4. The van der Waals surface area contributed by atoms with E-state index in [0.29, 0.717) is 26.0 Å². The van der Waals surface area contributed by atoms with E-state index in [2.05, 4.69) is 37.5 Å². The summed E-state index contributed by atoms with van der Waals surface area (Å²) in [7, 11) is 0. The van der Waals surface area contributed by atoms with E-state index in [1.165, 1.54) is 0 Å². The van der Waals surface area contributed by atoms with E-state index in [-0.39, 0.29) is 34.5 Å². The monoisotopic (exact) mass is 432 g/mol. The molecule has 0 bridgehead atoms. The molecular weight excluding hydrogens is 396 g/mol. The number of piperidine rings is 1. The highest BCUT2D eigenvalue weighted by Crippen LogP contribution is 2.74. The molecule has 6 atom stereocenters. The number of carbonyl (C=O) groups excluding carboxylic acids is 3. The Balaban J connectivity index is 1.86. The lowest BCUT2D eigenvalue weighted by molar-refractivity contribution is -0.152. The Morgan fingerprint density at radius 2 is 1.81 bits per heavy atom. The van der Waals surface area contributed by atoms with E-state index < -0.39 is 29.6 Å². The molecule has 8 nitrogen and oxygen atoms in total. The normalized spacial score (nSPS) is 32.7. The van der Waals surface area contributed by atoms with Crippen molar-refractivity contribution in [1.82, 2.24) is 15.5 Å². The average Bonchev–Trinajstić information content (AvgIpc) is 2.91. The molecule has 2 saturated heterocycles.